The second kappa shape index (κ2) is 7.10. The van der Waals surface area contributed by atoms with Crippen LogP contribution in [0, 0.1) is 0 Å². The van der Waals surface area contributed by atoms with Crippen molar-refractivity contribution < 1.29 is 4.79 Å². The Morgan fingerprint density at radius 1 is 1.04 bits per heavy atom. The topological polar surface area (TPSA) is 59.2 Å². The van der Waals surface area contributed by atoms with Gasteiger partial charge >= 0.3 is 0 Å². The lowest BCUT2D eigenvalue weighted by atomic mass is 10.0. The molecule has 0 spiro atoms. The first-order valence-corrected chi connectivity index (χ1v) is 8.86. The van der Waals surface area contributed by atoms with E-state index >= 15 is 0 Å². The van der Waals surface area contributed by atoms with E-state index in [-0.39, 0.29) is 5.91 Å². The molecule has 0 radical (unpaired) electrons. The Morgan fingerprint density at radius 2 is 1.81 bits per heavy atom. The number of nitrogens with two attached hydrogens (primary N) is 1. The molecule has 4 heteroatoms. The van der Waals surface area contributed by atoms with Crippen molar-refractivity contribution in [2.24, 2.45) is 5.73 Å². The highest BCUT2D eigenvalue weighted by Gasteiger charge is 2.28. The average Bonchev–Trinajstić information content (AvgIpc) is 3.12. The number of aromatic nitrogens is 1. The maximum atomic E-state index is 13.0. The van der Waals surface area contributed by atoms with Gasteiger partial charge in [0.25, 0.3) is 0 Å². The van der Waals surface area contributed by atoms with Crippen molar-refractivity contribution in [3.63, 3.8) is 0 Å². The smallest absolute Gasteiger partial charge is 0.244 e. The number of carbonyl (C=O) groups is 1. The van der Waals surface area contributed by atoms with E-state index in [1.54, 1.807) is 12.4 Å². The largest absolute Gasteiger partial charge is 0.320 e. The van der Waals surface area contributed by atoms with Gasteiger partial charge < -0.3 is 10.6 Å². The summed E-state index contributed by atoms with van der Waals surface area (Å²) >= 11 is 0. The molecule has 1 aromatic heterocycles. The van der Waals surface area contributed by atoms with E-state index in [1.807, 2.05) is 47.4 Å². The molecule has 0 saturated heterocycles. The molecule has 1 amide bonds. The van der Waals surface area contributed by atoms with E-state index < -0.39 is 6.04 Å². The molecule has 0 fully saturated rings. The SMILES string of the molecule is N[C@@H](Cc1ccccc1)C(=O)N1CCc2ccc(-c3ccncc3)cc21. The molecule has 1 aliphatic rings. The summed E-state index contributed by atoms with van der Waals surface area (Å²) in [6, 6.07) is 19.6. The number of benzene rings is 2. The minimum atomic E-state index is -0.534. The Balaban J connectivity index is 1.57. The van der Waals surface area contributed by atoms with Gasteiger partial charge in [-0.15, -0.1) is 0 Å². The zero-order chi connectivity index (χ0) is 17.9. The van der Waals surface area contributed by atoms with Crippen molar-refractivity contribution in [3.05, 3.63) is 84.2 Å². The van der Waals surface area contributed by atoms with E-state index in [1.165, 1.54) is 5.56 Å². The third-order valence-corrected chi connectivity index (χ3v) is 4.88. The predicted molar refractivity (Wildman–Crippen MR) is 104 cm³/mol. The van der Waals surface area contributed by atoms with Crippen LogP contribution in [-0.4, -0.2) is 23.5 Å². The van der Waals surface area contributed by atoms with Crippen LogP contribution in [0.15, 0.2) is 73.1 Å². The quantitative estimate of drug-likeness (QED) is 0.791. The molecule has 26 heavy (non-hydrogen) atoms. The average molecular weight is 343 g/mol. The fourth-order valence-electron chi connectivity index (χ4n) is 3.49. The highest BCUT2D eigenvalue weighted by Crippen LogP contribution is 2.33. The number of anilines is 1. The Kier molecular flexibility index (Phi) is 4.50. The lowest BCUT2D eigenvalue weighted by Crippen LogP contribution is -2.44. The van der Waals surface area contributed by atoms with E-state index in [9.17, 15) is 4.79 Å². The van der Waals surface area contributed by atoms with Crippen LogP contribution in [0.2, 0.25) is 0 Å². The summed E-state index contributed by atoms with van der Waals surface area (Å²) in [4.78, 5) is 18.9. The first kappa shape index (κ1) is 16.5. The van der Waals surface area contributed by atoms with Gasteiger partial charge in [0.05, 0.1) is 6.04 Å². The Bertz CT molecular complexity index is 909. The Hall–Kier alpha value is -2.98. The molecule has 1 aliphatic heterocycles. The lowest BCUT2D eigenvalue weighted by Gasteiger charge is -2.22. The summed E-state index contributed by atoms with van der Waals surface area (Å²) in [7, 11) is 0. The maximum Gasteiger partial charge on any atom is 0.244 e. The van der Waals surface area contributed by atoms with Gasteiger partial charge in [-0.3, -0.25) is 9.78 Å². The van der Waals surface area contributed by atoms with Crippen LogP contribution in [0.4, 0.5) is 5.69 Å². The van der Waals surface area contributed by atoms with Crippen molar-refractivity contribution in [2.75, 3.05) is 11.4 Å². The van der Waals surface area contributed by atoms with Gasteiger partial charge in [0.1, 0.15) is 0 Å². The first-order chi connectivity index (χ1) is 12.7. The van der Waals surface area contributed by atoms with Crippen LogP contribution < -0.4 is 10.6 Å². The minimum Gasteiger partial charge on any atom is -0.320 e. The highest BCUT2D eigenvalue weighted by molar-refractivity contribution is 5.99. The second-order valence-electron chi connectivity index (χ2n) is 6.62. The van der Waals surface area contributed by atoms with Crippen LogP contribution in [0.1, 0.15) is 11.1 Å². The van der Waals surface area contributed by atoms with E-state index in [2.05, 4.69) is 23.2 Å². The molecule has 0 saturated carbocycles. The molecule has 2 N–H and O–H groups in total. The Morgan fingerprint density at radius 3 is 2.58 bits per heavy atom. The van der Waals surface area contributed by atoms with Crippen molar-refractivity contribution in [1.29, 1.82) is 0 Å². The third-order valence-electron chi connectivity index (χ3n) is 4.88. The number of hydrogen-bond acceptors (Lipinski definition) is 3. The number of hydrogen-bond donors (Lipinski definition) is 1. The maximum absolute atomic E-state index is 13.0. The van der Waals surface area contributed by atoms with E-state index in [4.69, 9.17) is 5.73 Å². The van der Waals surface area contributed by atoms with Gasteiger partial charge in [-0.2, -0.15) is 0 Å². The summed E-state index contributed by atoms with van der Waals surface area (Å²) in [6.45, 7) is 0.691. The molecule has 3 aromatic rings. The van der Waals surface area contributed by atoms with Crippen LogP contribution in [0.25, 0.3) is 11.1 Å². The molecule has 0 aliphatic carbocycles. The van der Waals surface area contributed by atoms with Crippen molar-refractivity contribution in [2.45, 2.75) is 18.9 Å². The summed E-state index contributed by atoms with van der Waals surface area (Å²) in [5.41, 5.74) is 11.7. The molecular formula is C22H21N3O. The summed E-state index contributed by atoms with van der Waals surface area (Å²) in [5, 5.41) is 0. The molecule has 2 heterocycles. The fraction of sp³-hybridized carbons (Fsp3) is 0.182. The normalized spacial score (nSPS) is 14.1. The number of rotatable bonds is 4. The monoisotopic (exact) mass is 343 g/mol. The number of fused-ring (bicyclic) bond motifs is 1. The standard InChI is InChI=1S/C22H21N3O/c23-20(14-16-4-2-1-3-5-16)22(26)25-13-10-18-6-7-19(15-21(18)25)17-8-11-24-12-9-17/h1-9,11-12,15,20H,10,13-14,23H2/t20-/m0/s1. The summed E-state index contributed by atoms with van der Waals surface area (Å²) in [5.74, 6) is -0.0144. The van der Waals surface area contributed by atoms with Crippen molar-refractivity contribution in [3.8, 4) is 11.1 Å². The second-order valence-corrected chi connectivity index (χ2v) is 6.62. The predicted octanol–water partition coefficient (Wildman–Crippen LogP) is 3.21. The van der Waals surface area contributed by atoms with Crippen molar-refractivity contribution in [1.82, 2.24) is 4.98 Å². The zero-order valence-electron chi connectivity index (χ0n) is 14.5. The number of carbonyl (C=O) groups excluding carboxylic acids is 1. The molecule has 130 valence electrons. The molecule has 0 unspecified atom stereocenters. The Labute approximate surface area is 153 Å². The van der Waals surface area contributed by atoms with Gasteiger partial charge in [0.2, 0.25) is 5.91 Å². The van der Waals surface area contributed by atoms with E-state index in [0.29, 0.717) is 13.0 Å². The molecule has 4 rings (SSSR count). The van der Waals surface area contributed by atoms with Crippen molar-refractivity contribution >= 4 is 11.6 Å². The van der Waals surface area contributed by atoms with Gasteiger partial charge in [-0.1, -0.05) is 42.5 Å². The van der Waals surface area contributed by atoms with Gasteiger partial charge in [0, 0.05) is 24.6 Å². The lowest BCUT2D eigenvalue weighted by molar-refractivity contribution is -0.119. The first-order valence-electron chi connectivity index (χ1n) is 8.86. The van der Waals surface area contributed by atoms with Gasteiger partial charge in [-0.05, 0) is 53.3 Å². The highest BCUT2D eigenvalue weighted by atomic mass is 16.2. The van der Waals surface area contributed by atoms with Gasteiger partial charge in [-0.25, -0.2) is 0 Å². The summed E-state index contributed by atoms with van der Waals surface area (Å²) in [6.07, 6.45) is 4.98. The molecule has 1 atom stereocenters. The van der Waals surface area contributed by atoms with Crippen LogP contribution in [-0.2, 0) is 17.6 Å². The molecule has 0 bridgehead atoms. The van der Waals surface area contributed by atoms with E-state index in [0.717, 1.165) is 28.8 Å². The number of nitrogens with zero attached hydrogens (tertiary/aromatic N) is 2. The zero-order valence-corrected chi connectivity index (χ0v) is 14.5. The number of pyridine rings is 1. The molecular weight excluding hydrogens is 322 g/mol. The van der Waals surface area contributed by atoms with Crippen LogP contribution in [0.3, 0.4) is 0 Å². The fourth-order valence-corrected chi connectivity index (χ4v) is 3.49. The molecule has 2 aromatic carbocycles. The summed E-state index contributed by atoms with van der Waals surface area (Å²) < 4.78 is 0. The van der Waals surface area contributed by atoms with Crippen LogP contribution >= 0.6 is 0 Å². The minimum absolute atomic E-state index is 0.0144. The van der Waals surface area contributed by atoms with Gasteiger partial charge in [0.15, 0.2) is 0 Å². The molecule has 4 nitrogen and oxygen atoms in total. The third kappa shape index (κ3) is 3.24. The number of amides is 1. The van der Waals surface area contributed by atoms with Crippen LogP contribution in [0.5, 0.6) is 0 Å².